The SMILES string of the molecule is CCc1cc(C(F)(F)F)c(OC2CC2)cn1. The summed E-state index contributed by atoms with van der Waals surface area (Å²) < 4.78 is 43.4. The van der Waals surface area contributed by atoms with Gasteiger partial charge in [-0.25, -0.2) is 0 Å². The third kappa shape index (κ3) is 2.46. The molecule has 2 rings (SSSR count). The highest BCUT2D eigenvalue weighted by Crippen LogP contribution is 2.38. The van der Waals surface area contributed by atoms with Gasteiger partial charge in [-0.1, -0.05) is 6.92 Å². The van der Waals surface area contributed by atoms with Crippen molar-refractivity contribution in [2.24, 2.45) is 0 Å². The van der Waals surface area contributed by atoms with Crippen LogP contribution in [0.3, 0.4) is 0 Å². The predicted molar refractivity (Wildman–Crippen MR) is 52.3 cm³/mol. The summed E-state index contributed by atoms with van der Waals surface area (Å²) in [6.07, 6.45) is -1.13. The number of ether oxygens (including phenoxy) is 1. The van der Waals surface area contributed by atoms with Gasteiger partial charge in [0.25, 0.3) is 0 Å². The second-order valence-electron chi connectivity index (χ2n) is 3.84. The summed E-state index contributed by atoms with van der Waals surface area (Å²) in [6.45, 7) is 1.77. The minimum Gasteiger partial charge on any atom is -0.488 e. The summed E-state index contributed by atoms with van der Waals surface area (Å²) in [4.78, 5) is 3.93. The maximum absolute atomic E-state index is 12.7. The number of aryl methyl sites for hydroxylation is 1. The van der Waals surface area contributed by atoms with Crippen molar-refractivity contribution in [3.63, 3.8) is 0 Å². The molecule has 0 spiro atoms. The van der Waals surface area contributed by atoms with E-state index in [1.807, 2.05) is 0 Å². The average Bonchev–Trinajstić information content (AvgIpc) is 3.01. The van der Waals surface area contributed by atoms with E-state index in [2.05, 4.69) is 4.98 Å². The largest absolute Gasteiger partial charge is 0.488 e. The van der Waals surface area contributed by atoms with Crippen LogP contribution in [0.15, 0.2) is 12.3 Å². The summed E-state index contributed by atoms with van der Waals surface area (Å²) in [5.41, 5.74) is -0.290. The average molecular weight is 231 g/mol. The third-order valence-corrected chi connectivity index (χ3v) is 2.41. The lowest BCUT2D eigenvalue weighted by Crippen LogP contribution is -2.11. The van der Waals surface area contributed by atoms with Crippen LogP contribution in [0.5, 0.6) is 5.75 Å². The summed E-state index contributed by atoms with van der Waals surface area (Å²) in [5, 5.41) is 0. The van der Waals surface area contributed by atoms with Gasteiger partial charge in [0.05, 0.1) is 12.3 Å². The van der Waals surface area contributed by atoms with Crippen molar-refractivity contribution in [2.75, 3.05) is 0 Å². The molecule has 0 bridgehead atoms. The van der Waals surface area contributed by atoms with E-state index in [0.29, 0.717) is 12.1 Å². The van der Waals surface area contributed by atoms with Crippen molar-refractivity contribution >= 4 is 0 Å². The molecule has 0 aliphatic heterocycles. The molecule has 1 aromatic rings. The molecule has 0 atom stereocenters. The van der Waals surface area contributed by atoms with Crippen LogP contribution < -0.4 is 4.74 Å². The van der Waals surface area contributed by atoms with Crippen LogP contribution in [0.1, 0.15) is 31.0 Å². The molecule has 0 radical (unpaired) electrons. The smallest absolute Gasteiger partial charge is 0.420 e. The molecular weight excluding hydrogens is 219 g/mol. The van der Waals surface area contributed by atoms with Crippen LogP contribution >= 0.6 is 0 Å². The first-order valence-corrected chi connectivity index (χ1v) is 5.23. The number of halogens is 3. The number of alkyl halides is 3. The van der Waals surface area contributed by atoms with Crippen molar-refractivity contribution in [1.82, 2.24) is 4.98 Å². The number of rotatable bonds is 3. The fraction of sp³-hybridized carbons (Fsp3) is 0.545. The zero-order valence-corrected chi connectivity index (χ0v) is 8.84. The Morgan fingerprint density at radius 1 is 1.44 bits per heavy atom. The van der Waals surface area contributed by atoms with Gasteiger partial charge in [-0.05, 0) is 25.3 Å². The molecule has 1 aliphatic rings. The van der Waals surface area contributed by atoms with E-state index >= 15 is 0 Å². The summed E-state index contributed by atoms with van der Waals surface area (Å²) >= 11 is 0. The molecule has 2 nitrogen and oxygen atoms in total. The molecule has 0 N–H and O–H groups in total. The number of aromatic nitrogens is 1. The van der Waals surface area contributed by atoms with Crippen LogP contribution in [-0.2, 0) is 12.6 Å². The normalized spacial score (nSPS) is 16.2. The Bertz CT molecular complexity index is 385. The van der Waals surface area contributed by atoms with Gasteiger partial charge in [-0.15, -0.1) is 0 Å². The molecule has 1 saturated carbocycles. The van der Waals surface area contributed by atoms with Crippen LogP contribution in [0.2, 0.25) is 0 Å². The molecule has 16 heavy (non-hydrogen) atoms. The molecule has 0 unspecified atom stereocenters. The molecule has 1 aliphatic carbocycles. The van der Waals surface area contributed by atoms with E-state index in [-0.39, 0.29) is 11.9 Å². The Hall–Kier alpha value is -1.26. The number of pyridine rings is 1. The minimum absolute atomic E-state index is 0.0598. The first-order valence-electron chi connectivity index (χ1n) is 5.23. The molecule has 0 amide bonds. The van der Waals surface area contributed by atoms with Gasteiger partial charge in [0.15, 0.2) is 0 Å². The summed E-state index contributed by atoms with van der Waals surface area (Å²) in [6, 6.07) is 1.07. The fourth-order valence-electron chi connectivity index (χ4n) is 1.36. The van der Waals surface area contributed by atoms with E-state index in [1.165, 1.54) is 6.20 Å². The first-order chi connectivity index (χ1) is 7.50. The van der Waals surface area contributed by atoms with Gasteiger partial charge in [0, 0.05) is 5.69 Å². The molecule has 1 heterocycles. The van der Waals surface area contributed by atoms with Gasteiger partial charge in [-0.3, -0.25) is 4.98 Å². The lowest BCUT2D eigenvalue weighted by Gasteiger charge is -2.14. The van der Waals surface area contributed by atoms with Crippen LogP contribution in [0.25, 0.3) is 0 Å². The first kappa shape index (κ1) is 11.2. The topological polar surface area (TPSA) is 22.1 Å². The molecule has 1 aromatic heterocycles. The second kappa shape index (κ2) is 3.96. The summed E-state index contributed by atoms with van der Waals surface area (Å²) in [5.74, 6) is -0.146. The van der Waals surface area contributed by atoms with Gasteiger partial charge in [-0.2, -0.15) is 13.2 Å². The monoisotopic (exact) mass is 231 g/mol. The zero-order chi connectivity index (χ0) is 11.8. The molecule has 5 heteroatoms. The standard InChI is InChI=1S/C11H12F3NO/c1-2-7-5-9(11(12,13)14)10(6-15-7)16-8-3-4-8/h5-6,8H,2-4H2,1H3. The van der Waals surface area contributed by atoms with E-state index in [0.717, 1.165) is 18.9 Å². The van der Waals surface area contributed by atoms with Crippen molar-refractivity contribution in [1.29, 1.82) is 0 Å². The van der Waals surface area contributed by atoms with Crippen LogP contribution in [0.4, 0.5) is 13.2 Å². The second-order valence-corrected chi connectivity index (χ2v) is 3.84. The molecular formula is C11H12F3NO. The highest BCUT2D eigenvalue weighted by atomic mass is 19.4. The summed E-state index contributed by atoms with van der Waals surface area (Å²) in [7, 11) is 0. The highest BCUT2D eigenvalue weighted by Gasteiger charge is 2.36. The van der Waals surface area contributed by atoms with Crippen LogP contribution in [0, 0.1) is 0 Å². The molecule has 0 saturated heterocycles. The van der Waals surface area contributed by atoms with E-state index in [9.17, 15) is 13.2 Å². The van der Waals surface area contributed by atoms with Crippen molar-refractivity contribution in [3.05, 3.63) is 23.5 Å². The Labute approximate surface area is 91.4 Å². The Balaban J connectivity index is 2.33. The van der Waals surface area contributed by atoms with E-state index < -0.39 is 11.7 Å². The lowest BCUT2D eigenvalue weighted by molar-refractivity contribution is -0.139. The number of hydrogen-bond acceptors (Lipinski definition) is 2. The van der Waals surface area contributed by atoms with Crippen molar-refractivity contribution in [2.45, 2.75) is 38.5 Å². The van der Waals surface area contributed by atoms with Gasteiger partial charge in [0.2, 0.25) is 0 Å². The van der Waals surface area contributed by atoms with Gasteiger partial charge < -0.3 is 4.74 Å². The van der Waals surface area contributed by atoms with Gasteiger partial charge >= 0.3 is 6.18 Å². The quantitative estimate of drug-likeness (QED) is 0.796. The van der Waals surface area contributed by atoms with Crippen molar-refractivity contribution in [3.8, 4) is 5.75 Å². The Kier molecular flexibility index (Phi) is 2.78. The van der Waals surface area contributed by atoms with E-state index in [4.69, 9.17) is 4.74 Å². The fourth-order valence-corrected chi connectivity index (χ4v) is 1.36. The molecule has 88 valence electrons. The highest BCUT2D eigenvalue weighted by molar-refractivity contribution is 5.35. The van der Waals surface area contributed by atoms with E-state index in [1.54, 1.807) is 6.92 Å². The maximum Gasteiger partial charge on any atom is 0.420 e. The maximum atomic E-state index is 12.7. The Morgan fingerprint density at radius 2 is 2.12 bits per heavy atom. The Morgan fingerprint density at radius 3 is 2.62 bits per heavy atom. The number of hydrogen-bond donors (Lipinski definition) is 0. The molecule has 0 aromatic carbocycles. The predicted octanol–water partition coefficient (Wildman–Crippen LogP) is 3.20. The number of nitrogens with zero attached hydrogens (tertiary/aromatic N) is 1. The zero-order valence-electron chi connectivity index (χ0n) is 8.84. The van der Waals surface area contributed by atoms with Gasteiger partial charge in [0.1, 0.15) is 11.3 Å². The molecule has 1 fully saturated rings. The van der Waals surface area contributed by atoms with Crippen LogP contribution in [-0.4, -0.2) is 11.1 Å². The van der Waals surface area contributed by atoms with Crippen molar-refractivity contribution < 1.29 is 17.9 Å². The third-order valence-electron chi connectivity index (χ3n) is 2.41. The minimum atomic E-state index is -4.38. The lowest BCUT2D eigenvalue weighted by atomic mass is 10.2.